The minimum absolute atomic E-state index is 0.236. The zero-order valence-electron chi connectivity index (χ0n) is 17.6. The molecule has 0 saturated heterocycles. The second kappa shape index (κ2) is 10.8. The van der Waals surface area contributed by atoms with Crippen LogP contribution in [0.2, 0.25) is 0 Å². The summed E-state index contributed by atoms with van der Waals surface area (Å²) in [5, 5.41) is 0. The van der Waals surface area contributed by atoms with Crippen LogP contribution in [0.4, 0.5) is 0 Å². The lowest BCUT2D eigenvalue weighted by molar-refractivity contribution is -0.134. The van der Waals surface area contributed by atoms with E-state index in [1.807, 2.05) is 86.6 Å². The van der Waals surface area contributed by atoms with Crippen LogP contribution >= 0.6 is 0 Å². The van der Waals surface area contributed by atoms with Crippen molar-refractivity contribution in [3.8, 4) is 22.6 Å². The first-order valence-electron chi connectivity index (χ1n) is 10.2. The number of benzene rings is 3. The molecule has 0 aliphatic rings. The third-order valence-electron chi connectivity index (χ3n) is 4.62. The summed E-state index contributed by atoms with van der Waals surface area (Å²) in [5.74, 6) is 0.284. The number of rotatable bonds is 8. The van der Waals surface area contributed by atoms with Crippen molar-refractivity contribution in [3.63, 3.8) is 0 Å². The van der Waals surface area contributed by atoms with Gasteiger partial charge in [0, 0.05) is 5.56 Å². The van der Waals surface area contributed by atoms with E-state index < -0.39 is 17.9 Å². The standard InChI is InChI=1S/C25H26N2O4/c1-3-22(31-20-15-13-18(2)14-16-20)25(29)27-26-24(28)17-30-23-12-8-7-11-21(23)19-9-5-4-6-10-19/h4-16,22H,3,17H2,1-2H3,(H,26,28)(H,27,29)/t22-/m0/s1. The Hall–Kier alpha value is -3.80. The number of hydrogen-bond donors (Lipinski definition) is 2. The van der Waals surface area contributed by atoms with Crippen LogP contribution in [0, 0.1) is 6.92 Å². The summed E-state index contributed by atoms with van der Waals surface area (Å²) in [5.41, 5.74) is 7.76. The molecule has 0 fully saturated rings. The lowest BCUT2D eigenvalue weighted by atomic mass is 10.1. The number of hydrazine groups is 1. The number of aryl methyl sites for hydroxylation is 1. The average Bonchev–Trinajstić information content (AvgIpc) is 2.81. The Balaban J connectivity index is 1.51. The number of nitrogens with one attached hydrogen (secondary N) is 2. The quantitative estimate of drug-likeness (QED) is 0.541. The topological polar surface area (TPSA) is 76.7 Å². The van der Waals surface area contributed by atoms with Gasteiger partial charge in [0.1, 0.15) is 11.5 Å². The Morgan fingerprint density at radius 1 is 0.871 bits per heavy atom. The first kappa shape index (κ1) is 21.9. The van der Waals surface area contributed by atoms with Gasteiger partial charge < -0.3 is 9.47 Å². The highest BCUT2D eigenvalue weighted by atomic mass is 16.5. The summed E-state index contributed by atoms with van der Waals surface area (Å²) in [6, 6.07) is 24.7. The first-order valence-corrected chi connectivity index (χ1v) is 10.2. The maximum atomic E-state index is 12.4. The van der Waals surface area contributed by atoms with Gasteiger partial charge in [0.25, 0.3) is 11.8 Å². The molecule has 2 N–H and O–H groups in total. The van der Waals surface area contributed by atoms with Gasteiger partial charge in [-0.3, -0.25) is 20.4 Å². The maximum absolute atomic E-state index is 12.4. The van der Waals surface area contributed by atoms with Gasteiger partial charge in [0.15, 0.2) is 12.7 Å². The van der Waals surface area contributed by atoms with Gasteiger partial charge >= 0.3 is 0 Å². The number of carbonyl (C=O) groups excluding carboxylic acids is 2. The van der Waals surface area contributed by atoms with Crippen LogP contribution in [0.15, 0.2) is 78.9 Å². The van der Waals surface area contributed by atoms with Crippen LogP contribution in [-0.2, 0) is 9.59 Å². The monoisotopic (exact) mass is 418 g/mol. The number of hydrogen-bond acceptors (Lipinski definition) is 4. The fourth-order valence-electron chi connectivity index (χ4n) is 2.94. The van der Waals surface area contributed by atoms with Crippen molar-refractivity contribution < 1.29 is 19.1 Å². The van der Waals surface area contributed by atoms with Crippen molar-refractivity contribution in [1.82, 2.24) is 10.9 Å². The van der Waals surface area contributed by atoms with Crippen molar-refractivity contribution in [2.45, 2.75) is 26.4 Å². The van der Waals surface area contributed by atoms with Crippen molar-refractivity contribution >= 4 is 11.8 Å². The molecule has 0 saturated carbocycles. The largest absolute Gasteiger partial charge is 0.483 e. The minimum atomic E-state index is -0.720. The zero-order valence-corrected chi connectivity index (χ0v) is 17.6. The lowest BCUT2D eigenvalue weighted by Crippen LogP contribution is -2.49. The van der Waals surface area contributed by atoms with Gasteiger partial charge in [-0.25, -0.2) is 0 Å². The van der Waals surface area contributed by atoms with Gasteiger partial charge in [-0.1, -0.05) is 73.2 Å². The third-order valence-corrected chi connectivity index (χ3v) is 4.62. The SMILES string of the molecule is CC[C@H](Oc1ccc(C)cc1)C(=O)NNC(=O)COc1ccccc1-c1ccccc1. The number of carbonyl (C=O) groups is 2. The number of para-hydroxylation sites is 1. The Labute approximate surface area is 182 Å². The summed E-state index contributed by atoms with van der Waals surface area (Å²) in [6.45, 7) is 3.58. The molecule has 0 aliphatic carbocycles. The summed E-state index contributed by atoms with van der Waals surface area (Å²) in [6.07, 6.45) is -0.265. The highest BCUT2D eigenvalue weighted by molar-refractivity contribution is 5.85. The molecule has 1 atom stereocenters. The Morgan fingerprint density at radius 3 is 2.26 bits per heavy atom. The van der Waals surface area contributed by atoms with E-state index in [1.165, 1.54) is 0 Å². The molecule has 6 nitrogen and oxygen atoms in total. The molecule has 31 heavy (non-hydrogen) atoms. The van der Waals surface area contributed by atoms with Crippen LogP contribution in [0.5, 0.6) is 11.5 Å². The van der Waals surface area contributed by atoms with Crippen LogP contribution in [0.25, 0.3) is 11.1 Å². The van der Waals surface area contributed by atoms with Gasteiger partial charge in [0.2, 0.25) is 0 Å². The van der Waals surface area contributed by atoms with E-state index in [0.717, 1.165) is 16.7 Å². The molecule has 0 unspecified atom stereocenters. The van der Waals surface area contributed by atoms with Crippen molar-refractivity contribution in [3.05, 3.63) is 84.4 Å². The van der Waals surface area contributed by atoms with Crippen molar-refractivity contribution in [2.75, 3.05) is 6.61 Å². The van der Waals surface area contributed by atoms with Gasteiger partial charge in [-0.15, -0.1) is 0 Å². The third kappa shape index (κ3) is 6.34. The van der Waals surface area contributed by atoms with E-state index in [9.17, 15) is 9.59 Å². The lowest BCUT2D eigenvalue weighted by Gasteiger charge is -2.18. The van der Waals surface area contributed by atoms with Gasteiger partial charge in [0.05, 0.1) is 0 Å². The second-order valence-corrected chi connectivity index (χ2v) is 7.02. The fourth-order valence-corrected chi connectivity index (χ4v) is 2.94. The summed E-state index contributed by atoms with van der Waals surface area (Å²) < 4.78 is 11.4. The molecule has 0 bridgehead atoms. The first-order chi connectivity index (χ1) is 15.1. The Kier molecular flexibility index (Phi) is 7.65. The molecule has 2 amide bonds. The van der Waals surface area contributed by atoms with Gasteiger partial charge in [-0.2, -0.15) is 0 Å². The average molecular weight is 418 g/mol. The minimum Gasteiger partial charge on any atom is -0.483 e. The molecule has 3 aromatic carbocycles. The Morgan fingerprint density at radius 2 is 1.55 bits per heavy atom. The summed E-state index contributed by atoms with van der Waals surface area (Å²) in [4.78, 5) is 24.6. The molecule has 0 heterocycles. The molecule has 0 spiro atoms. The Bertz CT molecular complexity index is 1000. The van der Waals surface area contributed by atoms with Crippen LogP contribution in [0.1, 0.15) is 18.9 Å². The van der Waals surface area contributed by atoms with Crippen LogP contribution in [-0.4, -0.2) is 24.5 Å². The predicted molar refractivity (Wildman–Crippen MR) is 120 cm³/mol. The van der Waals surface area contributed by atoms with Crippen molar-refractivity contribution in [1.29, 1.82) is 0 Å². The molecule has 6 heteroatoms. The molecule has 3 rings (SSSR count). The number of amides is 2. The smallest absolute Gasteiger partial charge is 0.279 e. The normalized spacial score (nSPS) is 11.3. The van der Waals surface area contributed by atoms with E-state index in [1.54, 1.807) is 6.07 Å². The molecular formula is C25H26N2O4. The summed E-state index contributed by atoms with van der Waals surface area (Å²) >= 11 is 0. The molecule has 0 aromatic heterocycles. The maximum Gasteiger partial charge on any atom is 0.279 e. The second-order valence-electron chi connectivity index (χ2n) is 7.02. The molecule has 3 aromatic rings. The predicted octanol–water partition coefficient (Wildman–Crippen LogP) is 4.05. The molecule has 0 aliphatic heterocycles. The highest BCUT2D eigenvalue weighted by Gasteiger charge is 2.19. The number of ether oxygens (including phenoxy) is 2. The van der Waals surface area contributed by atoms with Crippen LogP contribution < -0.4 is 20.3 Å². The van der Waals surface area contributed by atoms with E-state index in [-0.39, 0.29) is 6.61 Å². The van der Waals surface area contributed by atoms with E-state index in [2.05, 4.69) is 10.9 Å². The molecule has 0 radical (unpaired) electrons. The summed E-state index contributed by atoms with van der Waals surface area (Å²) in [7, 11) is 0. The highest BCUT2D eigenvalue weighted by Crippen LogP contribution is 2.29. The molecule has 160 valence electrons. The van der Waals surface area contributed by atoms with E-state index >= 15 is 0 Å². The van der Waals surface area contributed by atoms with Gasteiger partial charge in [-0.05, 0) is 37.1 Å². The van der Waals surface area contributed by atoms with E-state index in [4.69, 9.17) is 9.47 Å². The zero-order chi connectivity index (χ0) is 22.1. The fraction of sp³-hybridized carbons (Fsp3) is 0.200. The molecular weight excluding hydrogens is 392 g/mol. The van der Waals surface area contributed by atoms with Crippen molar-refractivity contribution in [2.24, 2.45) is 0 Å². The van der Waals surface area contributed by atoms with Crippen LogP contribution in [0.3, 0.4) is 0 Å². The van der Waals surface area contributed by atoms with E-state index in [0.29, 0.717) is 17.9 Å².